The smallest absolute Gasteiger partial charge is 0.0720 e. The highest BCUT2D eigenvalue weighted by molar-refractivity contribution is 5.13. The second kappa shape index (κ2) is 6.81. The van der Waals surface area contributed by atoms with Crippen LogP contribution in [0.3, 0.4) is 0 Å². The Morgan fingerprint density at radius 2 is 1.73 bits per heavy atom. The fourth-order valence-corrected chi connectivity index (χ4v) is 3.90. The van der Waals surface area contributed by atoms with Gasteiger partial charge in [0.05, 0.1) is 18.8 Å². The van der Waals surface area contributed by atoms with Gasteiger partial charge < -0.3 is 4.74 Å². The molecule has 0 spiro atoms. The third kappa shape index (κ3) is 4.09. The van der Waals surface area contributed by atoms with Gasteiger partial charge in [-0.3, -0.25) is 4.90 Å². The minimum atomic E-state index is 0.0555. The Hall–Kier alpha value is -1.37. The van der Waals surface area contributed by atoms with Gasteiger partial charge in [0.1, 0.15) is 0 Å². The molecule has 0 amide bonds. The van der Waals surface area contributed by atoms with Crippen molar-refractivity contribution in [2.24, 2.45) is 0 Å². The average Bonchev–Trinajstić information content (AvgIpc) is 2.44. The molecule has 1 aromatic carbocycles. The minimum Gasteiger partial charge on any atom is -0.373 e. The zero-order chi connectivity index (χ0) is 16.2. The number of piperidine rings is 1. The summed E-state index contributed by atoms with van der Waals surface area (Å²) >= 11 is 0. The van der Waals surface area contributed by atoms with E-state index in [1.807, 2.05) is 6.07 Å². The van der Waals surface area contributed by atoms with E-state index in [-0.39, 0.29) is 17.2 Å². The Labute approximate surface area is 134 Å². The molecular formula is C19H28N2O. The standard InChI is InChI=1S/C19H28N2O/c1-18(2)13-17(22-15-16-9-6-5-7-10-16)14-19(3,4)21(18)12-8-11-20/h5-7,9-10,17H,8,12-15H2,1-4H3. The number of benzene rings is 1. The zero-order valence-corrected chi connectivity index (χ0v) is 14.3. The number of nitrogens with zero attached hydrogens (tertiary/aromatic N) is 2. The van der Waals surface area contributed by atoms with Crippen LogP contribution < -0.4 is 0 Å². The van der Waals surface area contributed by atoms with E-state index >= 15 is 0 Å². The lowest BCUT2D eigenvalue weighted by Gasteiger charge is -2.55. The van der Waals surface area contributed by atoms with Gasteiger partial charge in [-0.15, -0.1) is 0 Å². The number of likely N-dealkylation sites (tertiary alicyclic amines) is 1. The fraction of sp³-hybridized carbons (Fsp3) is 0.632. The van der Waals surface area contributed by atoms with Crippen LogP contribution in [0, 0.1) is 11.3 Å². The maximum atomic E-state index is 8.90. The van der Waals surface area contributed by atoms with Gasteiger partial charge in [0.2, 0.25) is 0 Å². The summed E-state index contributed by atoms with van der Waals surface area (Å²) in [5.41, 5.74) is 1.34. The fourth-order valence-electron chi connectivity index (χ4n) is 3.90. The van der Waals surface area contributed by atoms with Gasteiger partial charge in [-0.2, -0.15) is 5.26 Å². The first-order valence-electron chi connectivity index (χ1n) is 8.15. The number of rotatable bonds is 5. The van der Waals surface area contributed by atoms with Crippen molar-refractivity contribution in [1.82, 2.24) is 4.90 Å². The Kier molecular flexibility index (Phi) is 5.26. The molecule has 1 fully saturated rings. The van der Waals surface area contributed by atoms with Crippen LogP contribution in [0.15, 0.2) is 30.3 Å². The Bertz CT molecular complexity index is 498. The minimum absolute atomic E-state index is 0.0555. The summed E-state index contributed by atoms with van der Waals surface area (Å²) in [7, 11) is 0. The summed E-state index contributed by atoms with van der Waals surface area (Å²) < 4.78 is 6.20. The Morgan fingerprint density at radius 3 is 2.27 bits per heavy atom. The van der Waals surface area contributed by atoms with Crippen molar-refractivity contribution < 1.29 is 4.74 Å². The second-order valence-electron chi connectivity index (χ2n) is 7.51. The van der Waals surface area contributed by atoms with Gasteiger partial charge in [-0.25, -0.2) is 0 Å². The van der Waals surface area contributed by atoms with Crippen molar-refractivity contribution in [3.63, 3.8) is 0 Å². The predicted octanol–water partition coefficient (Wildman–Crippen LogP) is 4.14. The number of hydrogen-bond donors (Lipinski definition) is 0. The van der Waals surface area contributed by atoms with Gasteiger partial charge in [0.15, 0.2) is 0 Å². The molecule has 2 rings (SSSR count). The van der Waals surface area contributed by atoms with Crippen LogP contribution in [0.2, 0.25) is 0 Å². The first-order valence-corrected chi connectivity index (χ1v) is 8.15. The first kappa shape index (κ1) is 17.0. The Morgan fingerprint density at radius 1 is 1.14 bits per heavy atom. The van der Waals surface area contributed by atoms with E-state index in [1.165, 1.54) is 5.56 Å². The lowest BCUT2D eigenvalue weighted by molar-refractivity contribution is -0.107. The molecule has 1 saturated heterocycles. The molecule has 3 nitrogen and oxygen atoms in total. The first-order chi connectivity index (χ1) is 10.3. The predicted molar refractivity (Wildman–Crippen MR) is 89.3 cm³/mol. The van der Waals surface area contributed by atoms with Crippen molar-refractivity contribution in [3.8, 4) is 6.07 Å². The molecule has 120 valence electrons. The lowest BCUT2D eigenvalue weighted by atomic mass is 9.78. The maximum Gasteiger partial charge on any atom is 0.0720 e. The summed E-state index contributed by atoms with van der Waals surface area (Å²) in [6.07, 6.45) is 2.87. The van der Waals surface area contributed by atoms with Crippen molar-refractivity contribution >= 4 is 0 Å². The van der Waals surface area contributed by atoms with Crippen molar-refractivity contribution in [3.05, 3.63) is 35.9 Å². The van der Waals surface area contributed by atoms with E-state index in [0.29, 0.717) is 13.0 Å². The van der Waals surface area contributed by atoms with Gasteiger partial charge in [0.25, 0.3) is 0 Å². The summed E-state index contributed by atoms with van der Waals surface area (Å²) in [5.74, 6) is 0. The van der Waals surface area contributed by atoms with Crippen LogP contribution in [0.5, 0.6) is 0 Å². The highest BCUT2D eigenvalue weighted by atomic mass is 16.5. The lowest BCUT2D eigenvalue weighted by Crippen LogP contribution is -2.62. The SMILES string of the molecule is CC1(C)CC(OCc2ccccc2)CC(C)(C)N1CCC#N. The molecule has 0 atom stereocenters. The highest BCUT2D eigenvalue weighted by Gasteiger charge is 2.45. The van der Waals surface area contributed by atoms with Gasteiger partial charge in [-0.05, 0) is 46.1 Å². The molecule has 3 heteroatoms. The van der Waals surface area contributed by atoms with Gasteiger partial charge in [-0.1, -0.05) is 30.3 Å². The highest BCUT2D eigenvalue weighted by Crippen LogP contribution is 2.39. The molecule has 0 aliphatic carbocycles. The molecule has 0 saturated carbocycles. The van der Waals surface area contributed by atoms with E-state index in [1.54, 1.807) is 0 Å². The number of nitriles is 1. The topological polar surface area (TPSA) is 36.3 Å². The summed E-state index contributed by atoms with van der Waals surface area (Å²) in [5, 5.41) is 8.90. The third-order valence-corrected chi connectivity index (χ3v) is 4.69. The number of hydrogen-bond acceptors (Lipinski definition) is 3. The van der Waals surface area contributed by atoms with Crippen LogP contribution in [0.25, 0.3) is 0 Å². The monoisotopic (exact) mass is 300 g/mol. The summed E-state index contributed by atoms with van der Waals surface area (Å²) in [6.45, 7) is 10.6. The van der Waals surface area contributed by atoms with Crippen LogP contribution in [-0.2, 0) is 11.3 Å². The Balaban J connectivity index is 2.01. The maximum absolute atomic E-state index is 8.90. The molecule has 1 aliphatic rings. The van der Waals surface area contributed by atoms with E-state index in [4.69, 9.17) is 10.00 Å². The van der Waals surface area contributed by atoms with Crippen LogP contribution in [0.1, 0.15) is 52.5 Å². The molecular weight excluding hydrogens is 272 g/mol. The van der Waals surface area contributed by atoms with E-state index < -0.39 is 0 Å². The van der Waals surface area contributed by atoms with E-state index in [0.717, 1.165) is 19.4 Å². The number of ether oxygens (including phenoxy) is 1. The van der Waals surface area contributed by atoms with Crippen molar-refractivity contribution in [2.45, 2.75) is 70.7 Å². The van der Waals surface area contributed by atoms with Gasteiger partial charge in [0, 0.05) is 24.0 Å². The van der Waals surface area contributed by atoms with Crippen molar-refractivity contribution in [1.29, 1.82) is 5.26 Å². The summed E-state index contributed by atoms with van der Waals surface area (Å²) in [6, 6.07) is 12.6. The molecule has 0 radical (unpaired) electrons. The van der Waals surface area contributed by atoms with Crippen LogP contribution in [0.4, 0.5) is 0 Å². The van der Waals surface area contributed by atoms with Gasteiger partial charge >= 0.3 is 0 Å². The molecule has 1 heterocycles. The van der Waals surface area contributed by atoms with Crippen LogP contribution in [-0.4, -0.2) is 28.6 Å². The molecule has 0 N–H and O–H groups in total. The normalized spacial score (nSPS) is 21.4. The molecule has 22 heavy (non-hydrogen) atoms. The zero-order valence-electron chi connectivity index (χ0n) is 14.3. The molecule has 1 aliphatic heterocycles. The molecule has 0 bridgehead atoms. The van der Waals surface area contributed by atoms with E-state index in [9.17, 15) is 0 Å². The quantitative estimate of drug-likeness (QED) is 0.820. The van der Waals surface area contributed by atoms with Crippen molar-refractivity contribution in [2.75, 3.05) is 6.54 Å². The largest absolute Gasteiger partial charge is 0.373 e. The summed E-state index contributed by atoms with van der Waals surface area (Å²) in [4.78, 5) is 2.48. The average molecular weight is 300 g/mol. The second-order valence-corrected chi connectivity index (χ2v) is 7.51. The molecule has 0 aromatic heterocycles. The van der Waals surface area contributed by atoms with Crippen LogP contribution >= 0.6 is 0 Å². The van der Waals surface area contributed by atoms with E-state index in [2.05, 4.69) is 62.9 Å². The molecule has 0 unspecified atom stereocenters. The third-order valence-electron chi connectivity index (χ3n) is 4.69. The molecule has 1 aromatic rings.